The van der Waals surface area contributed by atoms with E-state index in [-0.39, 0.29) is 36.5 Å². The Morgan fingerprint density at radius 2 is 1.98 bits per heavy atom. The molecule has 4 N–H and O–H groups in total. The minimum absolute atomic E-state index is 0.0647. The Labute approximate surface area is 251 Å². The molecule has 0 saturated carbocycles. The number of alkyl halides is 2. The summed E-state index contributed by atoms with van der Waals surface area (Å²) in [5.74, 6) is -4.85. The number of carbonyl (C=O) groups excluding carboxylic acids is 1. The number of nitrogens with one attached hydrogen (secondary N) is 3. The Bertz CT molecular complexity index is 1670. The summed E-state index contributed by atoms with van der Waals surface area (Å²) in [6, 6.07) is 10.9. The molecule has 13 heteroatoms. The summed E-state index contributed by atoms with van der Waals surface area (Å²) < 4.78 is 36.2. The van der Waals surface area contributed by atoms with Crippen LogP contribution in [0.5, 0.6) is 0 Å². The summed E-state index contributed by atoms with van der Waals surface area (Å²) in [5, 5.41) is 14.2. The zero-order valence-corrected chi connectivity index (χ0v) is 24.5. The van der Waals surface area contributed by atoms with E-state index in [1.165, 1.54) is 23.2 Å². The molecule has 0 spiro atoms. The number of aromatic amines is 2. The van der Waals surface area contributed by atoms with E-state index in [1.807, 2.05) is 0 Å². The van der Waals surface area contributed by atoms with Gasteiger partial charge in [0.2, 0.25) is 0 Å². The van der Waals surface area contributed by atoms with Crippen LogP contribution in [0.15, 0.2) is 53.5 Å². The Kier molecular flexibility index (Phi) is 9.11. The van der Waals surface area contributed by atoms with Crippen LogP contribution >= 0.6 is 11.6 Å². The third kappa shape index (κ3) is 6.57. The molecule has 4 aromatic rings. The van der Waals surface area contributed by atoms with Crippen molar-refractivity contribution >= 4 is 34.2 Å². The molecular formula is C30H33ClF2N6O4. The highest BCUT2D eigenvalue weighted by molar-refractivity contribution is 6.30. The summed E-state index contributed by atoms with van der Waals surface area (Å²) in [6.07, 6.45) is 0.537. The number of hydrogen-bond donors (Lipinski definition) is 4. The number of piperazine rings is 1. The first-order valence-corrected chi connectivity index (χ1v) is 14.2. The van der Waals surface area contributed by atoms with E-state index in [9.17, 15) is 14.7 Å². The number of rotatable bonds is 10. The maximum Gasteiger partial charge on any atom is 0.350 e. The lowest BCUT2D eigenvalue weighted by Crippen LogP contribution is -2.53. The Balaban J connectivity index is 1.38. The number of pyridine rings is 1. The van der Waals surface area contributed by atoms with E-state index in [2.05, 4.69) is 25.2 Å². The standard InChI is InChI=1S/C30H33ClF2N6O4/c1-18-14-20(30(32,33)29(42)39-10-8-38(9-11-39)12-13-43-2)16-23-26(18)37-27(36-23)25-22(6-7-34-28(25)41)35-17-24(40)19-4-3-5-21(31)15-19/h3-7,14-16,24,40H,8-13,17H2,1-2H3,(H,36,37)(H2,34,35,41)/t24-/m0/s1. The predicted octanol–water partition coefficient (Wildman–Crippen LogP) is 3.91. The Morgan fingerprint density at radius 3 is 2.70 bits per heavy atom. The summed E-state index contributed by atoms with van der Waals surface area (Å²) in [7, 11) is 1.60. The lowest BCUT2D eigenvalue weighted by molar-refractivity contribution is -0.160. The van der Waals surface area contributed by atoms with Gasteiger partial charge in [0.1, 0.15) is 11.4 Å². The number of anilines is 1. The Hall–Kier alpha value is -3.84. The maximum absolute atomic E-state index is 15.6. The number of fused-ring (bicyclic) bond motifs is 1. The number of aryl methyl sites for hydroxylation is 1. The number of imidazole rings is 1. The van der Waals surface area contributed by atoms with Crippen molar-refractivity contribution in [3.8, 4) is 11.4 Å². The first-order chi connectivity index (χ1) is 20.6. The molecule has 0 unspecified atom stereocenters. The molecular weight excluding hydrogens is 582 g/mol. The zero-order chi connectivity index (χ0) is 30.7. The van der Waals surface area contributed by atoms with Crippen LogP contribution < -0.4 is 10.9 Å². The van der Waals surface area contributed by atoms with Crippen LogP contribution in [0, 0.1) is 6.92 Å². The van der Waals surface area contributed by atoms with Crippen molar-refractivity contribution in [1.29, 1.82) is 0 Å². The molecule has 1 atom stereocenters. The second-order valence-electron chi connectivity index (χ2n) is 10.5. The summed E-state index contributed by atoms with van der Waals surface area (Å²) >= 11 is 6.04. The molecule has 1 aliphatic rings. The minimum atomic E-state index is -3.76. The highest BCUT2D eigenvalue weighted by Gasteiger charge is 2.45. The van der Waals surface area contributed by atoms with Gasteiger partial charge in [0, 0.05) is 63.2 Å². The van der Waals surface area contributed by atoms with Gasteiger partial charge in [-0.1, -0.05) is 23.7 Å². The van der Waals surface area contributed by atoms with Crippen molar-refractivity contribution < 1.29 is 23.4 Å². The van der Waals surface area contributed by atoms with Gasteiger partial charge < -0.3 is 30.0 Å². The van der Waals surface area contributed by atoms with E-state index in [0.29, 0.717) is 53.6 Å². The van der Waals surface area contributed by atoms with E-state index >= 15 is 8.78 Å². The highest BCUT2D eigenvalue weighted by atomic mass is 35.5. The molecule has 0 bridgehead atoms. The third-order valence-corrected chi connectivity index (χ3v) is 7.83. The number of carbonyl (C=O) groups is 1. The second-order valence-corrected chi connectivity index (χ2v) is 11.0. The molecule has 1 amide bonds. The highest BCUT2D eigenvalue weighted by Crippen LogP contribution is 2.35. The van der Waals surface area contributed by atoms with Crippen molar-refractivity contribution in [3.05, 3.63) is 80.7 Å². The summed E-state index contributed by atoms with van der Waals surface area (Å²) in [6.45, 7) is 4.29. The third-order valence-electron chi connectivity index (χ3n) is 7.60. The molecule has 43 heavy (non-hydrogen) atoms. The van der Waals surface area contributed by atoms with E-state index < -0.39 is 29.1 Å². The molecule has 3 heterocycles. The quantitative estimate of drug-likeness (QED) is 0.213. The molecule has 228 valence electrons. The number of hydrogen-bond acceptors (Lipinski definition) is 7. The molecule has 1 saturated heterocycles. The number of nitrogens with zero attached hydrogens (tertiary/aromatic N) is 3. The number of halogens is 3. The molecule has 0 radical (unpaired) electrons. The van der Waals surface area contributed by atoms with Gasteiger partial charge in [0.15, 0.2) is 0 Å². The van der Waals surface area contributed by atoms with Crippen molar-refractivity contribution in [3.63, 3.8) is 0 Å². The zero-order valence-electron chi connectivity index (χ0n) is 23.8. The molecule has 1 fully saturated rings. The van der Waals surface area contributed by atoms with Gasteiger partial charge in [-0.05, 0) is 48.4 Å². The van der Waals surface area contributed by atoms with E-state index in [0.717, 1.165) is 0 Å². The molecule has 5 rings (SSSR count). The largest absolute Gasteiger partial charge is 0.387 e. The SMILES string of the molecule is COCCN1CCN(C(=O)C(F)(F)c2cc(C)c3nc(-c4c(NC[C@H](O)c5cccc(Cl)c5)cc[nH]c4=O)[nH]c3c2)CC1. The van der Waals surface area contributed by atoms with Crippen LogP contribution in [0.2, 0.25) is 5.02 Å². The molecule has 2 aromatic carbocycles. The van der Waals surface area contributed by atoms with Crippen LogP contribution in [0.3, 0.4) is 0 Å². The van der Waals surface area contributed by atoms with Crippen LogP contribution in [0.4, 0.5) is 14.5 Å². The van der Waals surface area contributed by atoms with Gasteiger partial charge >= 0.3 is 5.92 Å². The van der Waals surface area contributed by atoms with Gasteiger partial charge in [-0.25, -0.2) is 4.98 Å². The topological polar surface area (TPSA) is 127 Å². The van der Waals surface area contributed by atoms with Gasteiger partial charge in [0.25, 0.3) is 11.5 Å². The summed E-state index contributed by atoms with van der Waals surface area (Å²) in [5.41, 5.74) is 1.27. The van der Waals surface area contributed by atoms with Gasteiger partial charge in [0.05, 0.1) is 29.4 Å². The average molecular weight is 615 g/mol. The lowest BCUT2D eigenvalue weighted by atomic mass is 10.0. The second kappa shape index (κ2) is 12.8. The number of amides is 1. The fourth-order valence-corrected chi connectivity index (χ4v) is 5.41. The van der Waals surface area contributed by atoms with Gasteiger partial charge in [-0.3, -0.25) is 14.5 Å². The van der Waals surface area contributed by atoms with Crippen molar-refractivity contribution in [1.82, 2.24) is 24.8 Å². The molecule has 2 aromatic heterocycles. The first kappa shape index (κ1) is 30.6. The monoisotopic (exact) mass is 614 g/mol. The normalized spacial score (nSPS) is 15.2. The van der Waals surface area contributed by atoms with Crippen LogP contribution in [-0.2, 0) is 15.5 Å². The first-order valence-electron chi connectivity index (χ1n) is 13.9. The number of benzene rings is 2. The van der Waals surface area contributed by atoms with Crippen LogP contribution in [0.25, 0.3) is 22.4 Å². The molecule has 1 aliphatic heterocycles. The van der Waals surface area contributed by atoms with Gasteiger partial charge in [-0.2, -0.15) is 8.78 Å². The van der Waals surface area contributed by atoms with Crippen molar-refractivity contribution in [2.45, 2.75) is 19.0 Å². The lowest BCUT2D eigenvalue weighted by Gasteiger charge is -2.36. The number of methoxy groups -OCH3 is 1. The summed E-state index contributed by atoms with van der Waals surface area (Å²) in [4.78, 5) is 39.3. The number of ether oxygens (including phenoxy) is 1. The van der Waals surface area contributed by atoms with E-state index in [1.54, 1.807) is 44.4 Å². The van der Waals surface area contributed by atoms with Crippen molar-refractivity contribution in [2.75, 3.05) is 58.3 Å². The number of aromatic nitrogens is 3. The van der Waals surface area contributed by atoms with Gasteiger partial charge in [-0.15, -0.1) is 0 Å². The smallest absolute Gasteiger partial charge is 0.350 e. The maximum atomic E-state index is 15.6. The number of aliphatic hydroxyl groups is 1. The van der Waals surface area contributed by atoms with E-state index in [4.69, 9.17) is 16.3 Å². The molecule has 0 aliphatic carbocycles. The minimum Gasteiger partial charge on any atom is -0.387 e. The number of H-pyrrole nitrogens is 2. The van der Waals surface area contributed by atoms with Crippen LogP contribution in [0.1, 0.15) is 22.8 Å². The number of aliphatic hydroxyl groups excluding tert-OH is 1. The average Bonchev–Trinajstić information content (AvgIpc) is 3.43. The fraction of sp³-hybridized carbons (Fsp3) is 0.367. The molecule has 10 nitrogen and oxygen atoms in total. The predicted molar refractivity (Wildman–Crippen MR) is 161 cm³/mol. The fourth-order valence-electron chi connectivity index (χ4n) is 5.21. The Morgan fingerprint density at radius 1 is 1.21 bits per heavy atom. The van der Waals surface area contributed by atoms with Crippen LogP contribution in [-0.4, -0.2) is 88.8 Å². The van der Waals surface area contributed by atoms with Crippen molar-refractivity contribution in [2.24, 2.45) is 0 Å².